The lowest BCUT2D eigenvalue weighted by Gasteiger charge is -2.35. The normalized spacial score (nSPS) is 21.0. The van der Waals surface area contributed by atoms with Crippen LogP contribution in [0.4, 0.5) is 4.79 Å². The number of amides is 1. The Kier molecular flexibility index (Phi) is 7.65. The van der Waals surface area contributed by atoms with Gasteiger partial charge in [-0.05, 0) is 72.0 Å². The highest BCUT2D eigenvalue weighted by Gasteiger charge is 2.27. The standard InChI is InChI=1S/C19H33ClN2O2/c1-8-17(14(3)13(2)15(4)20)21-16-10-9-11-22(12-16)18(23)24-19(5,6)7/h16,21H,8-12H2,1-7H3/b15-13+,17-14+/t16-/m1/s1. The van der Waals surface area contributed by atoms with Gasteiger partial charge in [0, 0.05) is 29.9 Å². The summed E-state index contributed by atoms with van der Waals surface area (Å²) in [6, 6.07) is 0.250. The van der Waals surface area contributed by atoms with Gasteiger partial charge >= 0.3 is 6.09 Å². The first-order chi connectivity index (χ1) is 11.0. The summed E-state index contributed by atoms with van der Waals surface area (Å²) in [5.41, 5.74) is 3.05. The van der Waals surface area contributed by atoms with Crippen LogP contribution in [0.25, 0.3) is 0 Å². The highest BCUT2D eigenvalue weighted by atomic mass is 35.5. The number of carbonyl (C=O) groups is 1. The predicted octanol–water partition coefficient (Wildman–Crippen LogP) is 5.19. The van der Waals surface area contributed by atoms with Gasteiger partial charge in [-0.2, -0.15) is 0 Å². The lowest BCUT2D eigenvalue weighted by Crippen LogP contribution is -2.49. The fourth-order valence-corrected chi connectivity index (χ4v) is 2.94. The second kappa shape index (κ2) is 8.80. The van der Waals surface area contributed by atoms with Crippen molar-refractivity contribution in [1.29, 1.82) is 0 Å². The lowest BCUT2D eigenvalue weighted by atomic mass is 10.0. The first-order valence-corrected chi connectivity index (χ1v) is 9.20. The molecule has 138 valence electrons. The zero-order chi connectivity index (χ0) is 18.5. The molecule has 0 bridgehead atoms. The van der Waals surface area contributed by atoms with E-state index in [0.29, 0.717) is 6.54 Å². The van der Waals surface area contributed by atoms with Crippen molar-refractivity contribution in [3.8, 4) is 0 Å². The van der Waals surface area contributed by atoms with Crippen LogP contribution in [0.2, 0.25) is 0 Å². The number of carbonyl (C=O) groups excluding carboxylic acids is 1. The third-order valence-electron chi connectivity index (χ3n) is 4.34. The number of halogens is 1. The molecule has 4 nitrogen and oxygen atoms in total. The molecule has 0 aromatic heterocycles. The molecule has 1 heterocycles. The van der Waals surface area contributed by atoms with E-state index < -0.39 is 5.60 Å². The molecule has 0 saturated carbocycles. The van der Waals surface area contributed by atoms with Crippen LogP contribution >= 0.6 is 11.6 Å². The third kappa shape index (κ3) is 6.39. The van der Waals surface area contributed by atoms with Crippen LogP contribution in [0, 0.1) is 0 Å². The predicted molar refractivity (Wildman–Crippen MR) is 101 cm³/mol. The van der Waals surface area contributed by atoms with E-state index in [-0.39, 0.29) is 12.1 Å². The number of hydrogen-bond acceptors (Lipinski definition) is 3. The van der Waals surface area contributed by atoms with Gasteiger partial charge in [-0.15, -0.1) is 0 Å². The van der Waals surface area contributed by atoms with Gasteiger partial charge in [-0.1, -0.05) is 18.5 Å². The maximum Gasteiger partial charge on any atom is 0.410 e. The van der Waals surface area contributed by atoms with Crippen molar-refractivity contribution in [2.75, 3.05) is 13.1 Å². The van der Waals surface area contributed by atoms with Crippen molar-refractivity contribution in [2.24, 2.45) is 0 Å². The molecule has 1 rings (SSSR count). The zero-order valence-electron chi connectivity index (χ0n) is 16.3. The molecule has 1 amide bonds. The number of rotatable bonds is 4. The van der Waals surface area contributed by atoms with Crippen molar-refractivity contribution in [2.45, 2.75) is 79.4 Å². The van der Waals surface area contributed by atoms with E-state index in [0.717, 1.165) is 36.4 Å². The average Bonchev–Trinajstić information content (AvgIpc) is 2.49. The molecule has 0 radical (unpaired) electrons. The third-order valence-corrected chi connectivity index (χ3v) is 4.62. The van der Waals surface area contributed by atoms with Gasteiger partial charge in [0.25, 0.3) is 0 Å². The van der Waals surface area contributed by atoms with Gasteiger partial charge in [0.2, 0.25) is 0 Å². The number of ether oxygens (including phenoxy) is 1. The van der Waals surface area contributed by atoms with Crippen LogP contribution in [-0.2, 0) is 4.74 Å². The SMILES string of the molecule is CC/C(N[C@@H]1CCCN(C(=O)OC(C)(C)C)C1)=C(C)\C(C)=C(/C)Cl. The van der Waals surface area contributed by atoms with Crippen LogP contribution in [-0.4, -0.2) is 35.7 Å². The molecule has 1 atom stereocenters. The van der Waals surface area contributed by atoms with Gasteiger partial charge in [-0.3, -0.25) is 0 Å². The van der Waals surface area contributed by atoms with Gasteiger partial charge in [0.15, 0.2) is 0 Å². The van der Waals surface area contributed by atoms with E-state index in [1.54, 1.807) is 0 Å². The van der Waals surface area contributed by atoms with Crippen LogP contribution in [0.1, 0.15) is 67.7 Å². The molecule has 1 fully saturated rings. The van der Waals surface area contributed by atoms with Gasteiger partial charge in [0.1, 0.15) is 5.60 Å². The smallest absolute Gasteiger partial charge is 0.410 e. The maximum absolute atomic E-state index is 12.3. The molecule has 0 spiro atoms. The van der Waals surface area contributed by atoms with Crippen LogP contribution in [0.15, 0.2) is 21.9 Å². The van der Waals surface area contributed by atoms with Crippen molar-refractivity contribution in [3.05, 3.63) is 21.9 Å². The largest absolute Gasteiger partial charge is 0.444 e. The van der Waals surface area contributed by atoms with E-state index in [9.17, 15) is 4.79 Å². The summed E-state index contributed by atoms with van der Waals surface area (Å²) in [6.45, 7) is 15.3. The molecule has 1 N–H and O–H groups in total. The van der Waals surface area contributed by atoms with Crippen LogP contribution in [0.5, 0.6) is 0 Å². The molecular formula is C19H33ClN2O2. The number of likely N-dealkylation sites (tertiary alicyclic amines) is 1. The number of nitrogens with one attached hydrogen (secondary N) is 1. The highest BCUT2D eigenvalue weighted by molar-refractivity contribution is 6.29. The second-order valence-electron chi connectivity index (χ2n) is 7.53. The summed E-state index contributed by atoms with van der Waals surface area (Å²) in [5, 5.41) is 4.45. The second-order valence-corrected chi connectivity index (χ2v) is 8.09. The van der Waals surface area contributed by atoms with E-state index in [4.69, 9.17) is 16.3 Å². The summed E-state index contributed by atoms with van der Waals surface area (Å²) in [5.74, 6) is 0. The number of hydrogen-bond donors (Lipinski definition) is 1. The molecule has 0 aliphatic carbocycles. The minimum absolute atomic E-state index is 0.222. The zero-order valence-corrected chi connectivity index (χ0v) is 17.0. The lowest BCUT2D eigenvalue weighted by molar-refractivity contribution is 0.0190. The van der Waals surface area contributed by atoms with Gasteiger partial charge < -0.3 is 15.0 Å². The Morgan fingerprint density at radius 1 is 1.25 bits per heavy atom. The Labute approximate surface area is 152 Å². The molecular weight excluding hydrogens is 324 g/mol. The first-order valence-electron chi connectivity index (χ1n) is 8.82. The molecule has 1 aliphatic heterocycles. The van der Waals surface area contributed by atoms with E-state index >= 15 is 0 Å². The van der Waals surface area contributed by atoms with Crippen molar-refractivity contribution < 1.29 is 9.53 Å². The Bertz CT molecular complexity index is 514. The van der Waals surface area contributed by atoms with Gasteiger partial charge in [0.05, 0.1) is 0 Å². The number of allylic oxidation sites excluding steroid dienone is 4. The van der Waals surface area contributed by atoms with Gasteiger partial charge in [-0.25, -0.2) is 4.79 Å². The van der Waals surface area contributed by atoms with E-state index in [1.165, 1.54) is 11.3 Å². The Balaban J connectivity index is 2.79. The molecule has 5 heteroatoms. The molecule has 0 unspecified atom stereocenters. The minimum atomic E-state index is -0.456. The summed E-state index contributed by atoms with van der Waals surface area (Å²) >= 11 is 6.14. The summed E-state index contributed by atoms with van der Waals surface area (Å²) in [7, 11) is 0. The number of nitrogens with zero attached hydrogens (tertiary/aromatic N) is 1. The average molecular weight is 357 g/mol. The number of piperidine rings is 1. The molecule has 0 aromatic carbocycles. The topological polar surface area (TPSA) is 41.6 Å². The molecule has 24 heavy (non-hydrogen) atoms. The quantitative estimate of drug-likeness (QED) is 0.704. The fourth-order valence-electron chi connectivity index (χ4n) is 2.79. The summed E-state index contributed by atoms with van der Waals surface area (Å²) in [4.78, 5) is 14.1. The Hall–Kier alpha value is -1.16. The molecule has 1 aliphatic rings. The first kappa shape index (κ1) is 20.9. The molecule has 1 saturated heterocycles. The van der Waals surface area contributed by atoms with E-state index in [2.05, 4.69) is 19.2 Å². The summed E-state index contributed by atoms with van der Waals surface area (Å²) < 4.78 is 5.50. The Morgan fingerprint density at radius 2 is 1.88 bits per heavy atom. The van der Waals surface area contributed by atoms with Crippen molar-refractivity contribution >= 4 is 17.7 Å². The van der Waals surface area contributed by atoms with Crippen molar-refractivity contribution in [3.63, 3.8) is 0 Å². The summed E-state index contributed by atoms with van der Waals surface area (Å²) in [6.07, 6.45) is 2.73. The van der Waals surface area contributed by atoms with Crippen LogP contribution in [0.3, 0.4) is 0 Å². The fraction of sp³-hybridized carbons (Fsp3) is 0.737. The molecule has 0 aromatic rings. The highest BCUT2D eigenvalue weighted by Crippen LogP contribution is 2.22. The van der Waals surface area contributed by atoms with Crippen molar-refractivity contribution in [1.82, 2.24) is 10.2 Å². The van der Waals surface area contributed by atoms with Crippen LogP contribution < -0.4 is 5.32 Å². The Morgan fingerprint density at radius 3 is 2.38 bits per heavy atom. The maximum atomic E-state index is 12.3. The monoisotopic (exact) mass is 356 g/mol. The minimum Gasteiger partial charge on any atom is -0.444 e. The van der Waals surface area contributed by atoms with E-state index in [1.807, 2.05) is 39.5 Å².